The van der Waals surface area contributed by atoms with E-state index in [1.165, 1.54) is 6.39 Å². The minimum Gasteiger partial charge on any atom is -0.423 e. The van der Waals surface area contributed by atoms with Gasteiger partial charge in [0, 0.05) is 23.3 Å². The van der Waals surface area contributed by atoms with Crippen LogP contribution in [0.1, 0.15) is 30.6 Å². The summed E-state index contributed by atoms with van der Waals surface area (Å²) in [4.78, 5) is 12.1. The lowest BCUT2D eigenvalue weighted by Crippen LogP contribution is -2.44. The fraction of sp³-hybridized carbons (Fsp3) is 0.357. The number of nitrogens with one attached hydrogen (secondary N) is 1. The molecule has 106 valence electrons. The normalized spacial score (nSPS) is 11.3. The summed E-state index contributed by atoms with van der Waals surface area (Å²) >= 11 is 0. The number of carbonyl (C=O) groups is 1. The number of amides is 1. The molecule has 1 aromatic carbocycles. The SMILES string of the molecule is CC(C)(CCO)NC(=O)c1ccc(-c2nnco2)cc1. The van der Waals surface area contributed by atoms with Crippen LogP contribution in [0.5, 0.6) is 0 Å². The Labute approximate surface area is 116 Å². The molecule has 6 nitrogen and oxygen atoms in total. The third-order valence-corrected chi connectivity index (χ3v) is 2.94. The van der Waals surface area contributed by atoms with Gasteiger partial charge in [-0.25, -0.2) is 0 Å². The van der Waals surface area contributed by atoms with Gasteiger partial charge in [0.25, 0.3) is 5.91 Å². The minimum atomic E-state index is -0.447. The van der Waals surface area contributed by atoms with Crippen LogP contribution in [-0.4, -0.2) is 33.4 Å². The van der Waals surface area contributed by atoms with Crippen LogP contribution in [0.15, 0.2) is 35.1 Å². The lowest BCUT2D eigenvalue weighted by Gasteiger charge is -2.25. The van der Waals surface area contributed by atoms with Gasteiger partial charge in [-0.3, -0.25) is 4.79 Å². The average molecular weight is 275 g/mol. The number of rotatable bonds is 5. The van der Waals surface area contributed by atoms with Gasteiger partial charge < -0.3 is 14.8 Å². The van der Waals surface area contributed by atoms with Crippen LogP contribution in [0, 0.1) is 0 Å². The van der Waals surface area contributed by atoms with Crippen molar-refractivity contribution >= 4 is 5.91 Å². The van der Waals surface area contributed by atoms with Crippen molar-refractivity contribution in [2.24, 2.45) is 0 Å². The molecule has 0 aliphatic rings. The molecule has 2 rings (SSSR count). The van der Waals surface area contributed by atoms with Crippen molar-refractivity contribution in [3.05, 3.63) is 36.2 Å². The van der Waals surface area contributed by atoms with Crippen LogP contribution in [0.3, 0.4) is 0 Å². The summed E-state index contributed by atoms with van der Waals surface area (Å²) in [7, 11) is 0. The maximum Gasteiger partial charge on any atom is 0.251 e. The van der Waals surface area contributed by atoms with Crippen molar-refractivity contribution in [2.75, 3.05) is 6.61 Å². The Morgan fingerprint density at radius 2 is 2.05 bits per heavy atom. The molecule has 0 atom stereocenters. The quantitative estimate of drug-likeness (QED) is 0.865. The standard InChI is InChI=1S/C14H17N3O3/c1-14(2,7-8-18)16-12(19)10-3-5-11(6-4-10)13-17-15-9-20-13/h3-6,9,18H,7-8H2,1-2H3,(H,16,19). The van der Waals surface area contributed by atoms with E-state index in [1.54, 1.807) is 24.3 Å². The van der Waals surface area contributed by atoms with Gasteiger partial charge in [0.05, 0.1) is 0 Å². The lowest BCUT2D eigenvalue weighted by atomic mass is 10.0. The van der Waals surface area contributed by atoms with Crippen molar-refractivity contribution in [3.8, 4) is 11.5 Å². The van der Waals surface area contributed by atoms with E-state index in [4.69, 9.17) is 9.52 Å². The van der Waals surface area contributed by atoms with E-state index in [0.717, 1.165) is 5.56 Å². The number of nitrogens with zero attached hydrogens (tertiary/aromatic N) is 2. The van der Waals surface area contributed by atoms with Crippen LogP contribution >= 0.6 is 0 Å². The third-order valence-electron chi connectivity index (χ3n) is 2.94. The third kappa shape index (κ3) is 3.42. The molecule has 0 fully saturated rings. The van der Waals surface area contributed by atoms with E-state index >= 15 is 0 Å². The van der Waals surface area contributed by atoms with E-state index in [2.05, 4.69) is 15.5 Å². The van der Waals surface area contributed by atoms with Crippen LogP contribution in [0.4, 0.5) is 0 Å². The minimum absolute atomic E-state index is 0.0311. The fourth-order valence-corrected chi connectivity index (χ4v) is 1.78. The molecule has 1 aromatic heterocycles. The Hall–Kier alpha value is -2.21. The second kappa shape index (κ2) is 5.83. The summed E-state index contributed by atoms with van der Waals surface area (Å²) in [6.45, 7) is 3.77. The van der Waals surface area contributed by atoms with E-state index in [-0.39, 0.29) is 12.5 Å². The zero-order chi connectivity index (χ0) is 14.6. The van der Waals surface area contributed by atoms with Gasteiger partial charge in [0.1, 0.15) is 0 Å². The maximum absolute atomic E-state index is 12.1. The van der Waals surface area contributed by atoms with Gasteiger partial charge in [0.15, 0.2) is 0 Å². The number of aromatic nitrogens is 2. The summed E-state index contributed by atoms with van der Waals surface area (Å²) in [6.07, 6.45) is 1.76. The predicted octanol–water partition coefficient (Wildman–Crippen LogP) is 1.63. The summed E-state index contributed by atoms with van der Waals surface area (Å²) in [5, 5.41) is 19.2. The predicted molar refractivity (Wildman–Crippen MR) is 73.0 cm³/mol. The number of hydrogen-bond donors (Lipinski definition) is 2. The first-order chi connectivity index (χ1) is 9.52. The van der Waals surface area contributed by atoms with Crippen molar-refractivity contribution in [1.29, 1.82) is 0 Å². The second-order valence-corrected chi connectivity index (χ2v) is 5.13. The Balaban J connectivity index is 2.08. The van der Waals surface area contributed by atoms with Gasteiger partial charge in [-0.2, -0.15) is 0 Å². The molecular weight excluding hydrogens is 258 g/mol. The smallest absolute Gasteiger partial charge is 0.251 e. The first kappa shape index (κ1) is 14.2. The van der Waals surface area contributed by atoms with E-state index in [9.17, 15) is 4.79 Å². The molecule has 2 N–H and O–H groups in total. The fourth-order valence-electron chi connectivity index (χ4n) is 1.78. The topological polar surface area (TPSA) is 88.2 Å². The highest BCUT2D eigenvalue weighted by Gasteiger charge is 2.20. The molecule has 20 heavy (non-hydrogen) atoms. The Morgan fingerprint density at radius 3 is 2.60 bits per heavy atom. The van der Waals surface area contributed by atoms with Gasteiger partial charge in [-0.05, 0) is 44.5 Å². The Kier molecular flexibility index (Phi) is 4.14. The van der Waals surface area contributed by atoms with Crippen molar-refractivity contribution in [1.82, 2.24) is 15.5 Å². The molecule has 2 aromatic rings. The molecule has 0 bridgehead atoms. The Bertz CT molecular complexity index is 562. The van der Waals surface area contributed by atoms with E-state index in [0.29, 0.717) is 17.9 Å². The van der Waals surface area contributed by atoms with Gasteiger partial charge >= 0.3 is 0 Å². The first-order valence-corrected chi connectivity index (χ1v) is 6.32. The molecule has 0 spiro atoms. The highest BCUT2D eigenvalue weighted by molar-refractivity contribution is 5.95. The molecule has 0 aliphatic carbocycles. The lowest BCUT2D eigenvalue weighted by molar-refractivity contribution is 0.0899. The molecular formula is C14H17N3O3. The van der Waals surface area contributed by atoms with Crippen LogP contribution < -0.4 is 5.32 Å². The summed E-state index contributed by atoms with van der Waals surface area (Å²) in [5.41, 5.74) is 0.852. The molecule has 0 aliphatic heterocycles. The van der Waals surface area contributed by atoms with Crippen molar-refractivity contribution in [3.63, 3.8) is 0 Å². The van der Waals surface area contributed by atoms with Crippen molar-refractivity contribution in [2.45, 2.75) is 25.8 Å². The largest absolute Gasteiger partial charge is 0.423 e. The van der Waals surface area contributed by atoms with Gasteiger partial charge in [0.2, 0.25) is 12.3 Å². The van der Waals surface area contributed by atoms with Gasteiger partial charge in [-0.1, -0.05) is 0 Å². The maximum atomic E-state index is 12.1. The summed E-state index contributed by atoms with van der Waals surface area (Å²) in [6, 6.07) is 6.90. The highest BCUT2D eigenvalue weighted by atomic mass is 16.4. The highest BCUT2D eigenvalue weighted by Crippen LogP contribution is 2.17. The molecule has 6 heteroatoms. The summed E-state index contributed by atoms with van der Waals surface area (Å²) in [5.74, 6) is 0.234. The number of hydrogen-bond acceptors (Lipinski definition) is 5. The monoisotopic (exact) mass is 275 g/mol. The molecule has 0 radical (unpaired) electrons. The van der Waals surface area contributed by atoms with Crippen molar-refractivity contribution < 1.29 is 14.3 Å². The molecule has 0 saturated carbocycles. The molecule has 1 amide bonds. The average Bonchev–Trinajstić information content (AvgIpc) is 2.92. The summed E-state index contributed by atoms with van der Waals surface area (Å²) < 4.78 is 5.08. The van der Waals surface area contributed by atoms with Crippen LogP contribution in [0.25, 0.3) is 11.5 Å². The van der Waals surface area contributed by atoms with E-state index < -0.39 is 5.54 Å². The molecule has 1 heterocycles. The number of aliphatic hydroxyl groups is 1. The van der Waals surface area contributed by atoms with Crippen LogP contribution in [-0.2, 0) is 0 Å². The Morgan fingerprint density at radius 1 is 1.35 bits per heavy atom. The first-order valence-electron chi connectivity index (χ1n) is 6.32. The molecule has 0 saturated heterocycles. The number of aliphatic hydroxyl groups excluding tert-OH is 1. The van der Waals surface area contributed by atoms with Gasteiger partial charge in [-0.15, -0.1) is 10.2 Å². The van der Waals surface area contributed by atoms with E-state index in [1.807, 2.05) is 13.8 Å². The zero-order valence-corrected chi connectivity index (χ0v) is 11.5. The zero-order valence-electron chi connectivity index (χ0n) is 11.5. The number of benzene rings is 1. The second-order valence-electron chi connectivity index (χ2n) is 5.13. The molecule has 0 unspecified atom stereocenters. The van der Waals surface area contributed by atoms with Crippen LogP contribution in [0.2, 0.25) is 0 Å². The number of carbonyl (C=O) groups excluding carboxylic acids is 1.